The van der Waals surface area contributed by atoms with Crippen molar-refractivity contribution in [3.63, 3.8) is 0 Å². The molecule has 0 aliphatic rings. The van der Waals surface area contributed by atoms with Gasteiger partial charge in [0.15, 0.2) is 0 Å². The van der Waals surface area contributed by atoms with Crippen molar-refractivity contribution >= 4 is 45.0 Å². The molecule has 48 heavy (non-hydrogen) atoms. The Hall–Kier alpha value is -5.70. The number of nitrogens with one attached hydrogen (secondary N) is 2. The Morgan fingerprint density at radius 2 is 1.98 bits per heavy atom. The third-order valence-electron chi connectivity index (χ3n) is 6.98. The van der Waals surface area contributed by atoms with E-state index in [1.165, 1.54) is 51.5 Å². The summed E-state index contributed by atoms with van der Waals surface area (Å²) in [6.07, 6.45) is 7.40. The van der Waals surface area contributed by atoms with Gasteiger partial charge in [-0.15, -0.1) is 11.3 Å². The van der Waals surface area contributed by atoms with Crippen molar-refractivity contribution in [1.82, 2.24) is 24.8 Å². The lowest BCUT2D eigenvalue weighted by molar-refractivity contribution is -0.123. The first-order chi connectivity index (χ1) is 23.1. The van der Waals surface area contributed by atoms with Gasteiger partial charge in [-0.05, 0) is 55.3 Å². The first-order valence-electron chi connectivity index (χ1n) is 14.6. The molecule has 0 bridgehead atoms. The summed E-state index contributed by atoms with van der Waals surface area (Å²) < 4.78 is 40.3. The summed E-state index contributed by atoms with van der Waals surface area (Å²) >= 11 is 1.28. The maximum atomic E-state index is 14.1. The van der Waals surface area contributed by atoms with Crippen LogP contribution in [0.25, 0.3) is 10.2 Å². The van der Waals surface area contributed by atoms with Crippen molar-refractivity contribution < 1.29 is 32.3 Å². The van der Waals surface area contributed by atoms with Gasteiger partial charge in [-0.2, -0.15) is 0 Å². The smallest absolute Gasteiger partial charge is 0.307 e. The van der Waals surface area contributed by atoms with E-state index < -0.39 is 35.0 Å². The molecule has 0 saturated carbocycles. The lowest BCUT2D eigenvalue weighted by atomic mass is 10.1. The van der Waals surface area contributed by atoms with E-state index in [2.05, 4.69) is 20.6 Å². The summed E-state index contributed by atoms with van der Waals surface area (Å²) in [6.45, 7) is -0.0490. The first-order valence-corrected chi connectivity index (χ1v) is 15.4. The molecule has 2 aromatic carbocycles. The van der Waals surface area contributed by atoms with Gasteiger partial charge in [0.05, 0.1) is 23.0 Å². The zero-order valence-electron chi connectivity index (χ0n) is 25.8. The van der Waals surface area contributed by atoms with E-state index in [0.29, 0.717) is 21.0 Å². The minimum atomic E-state index is -1.09. The van der Waals surface area contributed by atoms with E-state index in [1.807, 2.05) is 0 Å². The van der Waals surface area contributed by atoms with Crippen LogP contribution in [-0.2, 0) is 22.7 Å². The number of nitrogens with zero attached hydrogens (tertiary/aromatic N) is 4. The van der Waals surface area contributed by atoms with Crippen molar-refractivity contribution in [2.75, 3.05) is 19.4 Å². The number of amides is 3. The molecule has 15 heteroatoms. The molecule has 3 heterocycles. The molecule has 3 amide bonds. The fourth-order valence-corrected chi connectivity index (χ4v) is 5.52. The van der Waals surface area contributed by atoms with Crippen LogP contribution in [0.2, 0.25) is 0 Å². The zero-order valence-corrected chi connectivity index (χ0v) is 26.6. The van der Waals surface area contributed by atoms with Crippen LogP contribution >= 0.6 is 11.3 Å². The van der Waals surface area contributed by atoms with Crippen molar-refractivity contribution in [3.05, 3.63) is 118 Å². The van der Waals surface area contributed by atoms with Crippen LogP contribution in [0, 0.1) is 11.6 Å². The normalized spacial score (nSPS) is 11.8. The molecular weight excluding hydrogens is 646 g/mol. The van der Waals surface area contributed by atoms with E-state index in [1.54, 1.807) is 50.6 Å². The highest BCUT2D eigenvalue weighted by atomic mass is 32.1. The monoisotopic (exact) mass is 676 g/mol. The summed E-state index contributed by atoms with van der Waals surface area (Å²) in [6, 6.07) is 10.4. The number of fused-ring (bicyclic) bond motifs is 1. The summed E-state index contributed by atoms with van der Waals surface area (Å²) in [5.74, 6) is -2.79. The van der Waals surface area contributed by atoms with Gasteiger partial charge in [-0.3, -0.25) is 19.2 Å². The van der Waals surface area contributed by atoms with Crippen LogP contribution in [0.3, 0.4) is 0 Å². The Kier molecular flexibility index (Phi) is 10.7. The van der Waals surface area contributed by atoms with E-state index in [-0.39, 0.29) is 49.0 Å². The molecule has 0 fully saturated rings. The number of anilines is 1. The topological polar surface area (TPSA) is 149 Å². The van der Waals surface area contributed by atoms with Gasteiger partial charge in [0.25, 0.3) is 11.4 Å². The Bertz CT molecular complexity index is 2020. The summed E-state index contributed by atoms with van der Waals surface area (Å²) in [7, 11) is 3.21. The highest BCUT2D eigenvalue weighted by Gasteiger charge is 2.24. The standard InChI is InChI=1S/C33H30F2N6O6S/c1-40(2)28(42)11-4-3-7-24(38-31(44)32-36-14-16-46-32)30(43)39-25-9-6-15-41(33(25)45)18-27-37-23-8-5-10-26(29(23)48-27)47-19-20-12-13-21(34)17-22(20)35/h4-6,8-17,24H,3,7,18-19H2,1-2H3,(H,38,44)(H,39,43)/b11-4+. The number of allylic oxidation sites excluding steroid dienone is 1. The molecule has 2 N–H and O–H groups in total. The SMILES string of the molecule is CN(C)C(=O)/C=C/CCC(NC(=O)c1ncco1)C(=O)Nc1cccn(Cc2nc3cccc(OCc4ccc(F)cc4F)c3s2)c1=O. The molecule has 0 saturated heterocycles. The number of hydrogen-bond donors (Lipinski definition) is 2. The fraction of sp³-hybridized carbons (Fsp3) is 0.212. The highest BCUT2D eigenvalue weighted by Crippen LogP contribution is 2.32. The minimum absolute atomic E-state index is 0.0253. The number of carbonyl (C=O) groups excluding carboxylic acids is 3. The number of oxazole rings is 1. The van der Waals surface area contributed by atoms with E-state index in [0.717, 1.165) is 12.1 Å². The fourth-order valence-electron chi connectivity index (χ4n) is 4.49. The second kappa shape index (κ2) is 15.3. The minimum Gasteiger partial charge on any atom is -0.487 e. The van der Waals surface area contributed by atoms with Crippen LogP contribution in [0.4, 0.5) is 14.5 Å². The number of pyridine rings is 1. The summed E-state index contributed by atoms with van der Waals surface area (Å²) in [5, 5.41) is 5.73. The molecule has 0 aliphatic heterocycles. The number of thiazole rings is 1. The van der Waals surface area contributed by atoms with Gasteiger partial charge in [0, 0.05) is 31.9 Å². The van der Waals surface area contributed by atoms with Crippen molar-refractivity contribution in [2.45, 2.75) is 32.0 Å². The quantitative estimate of drug-likeness (QED) is 0.173. The summed E-state index contributed by atoms with van der Waals surface area (Å²) in [5.41, 5.74) is 0.264. The predicted octanol–water partition coefficient (Wildman–Crippen LogP) is 4.51. The molecule has 5 rings (SSSR count). The number of benzene rings is 2. The number of aromatic nitrogens is 3. The number of hydrogen-bond acceptors (Lipinski definition) is 9. The Balaban J connectivity index is 1.29. The number of rotatable bonds is 13. The second-order valence-corrected chi connectivity index (χ2v) is 11.7. The summed E-state index contributed by atoms with van der Waals surface area (Å²) in [4.78, 5) is 61.0. The highest BCUT2D eigenvalue weighted by molar-refractivity contribution is 7.19. The largest absolute Gasteiger partial charge is 0.487 e. The van der Waals surface area contributed by atoms with Gasteiger partial charge in [0.2, 0.25) is 11.8 Å². The first kappa shape index (κ1) is 33.7. The molecule has 1 atom stereocenters. The Morgan fingerprint density at radius 3 is 2.73 bits per heavy atom. The molecule has 0 spiro atoms. The number of likely N-dealkylation sites (N-methyl/N-ethyl adjacent to an activating group) is 1. The predicted molar refractivity (Wildman–Crippen MR) is 174 cm³/mol. The van der Waals surface area contributed by atoms with Crippen molar-refractivity contribution in [2.24, 2.45) is 0 Å². The molecule has 12 nitrogen and oxygen atoms in total. The third-order valence-corrected chi connectivity index (χ3v) is 8.05. The average Bonchev–Trinajstić information content (AvgIpc) is 3.74. The van der Waals surface area contributed by atoms with E-state index in [9.17, 15) is 28.0 Å². The van der Waals surface area contributed by atoms with Gasteiger partial charge in [-0.1, -0.05) is 12.1 Å². The lowest BCUT2D eigenvalue weighted by Gasteiger charge is -2.17. The van der Waals surface area contributed by atoms with Crippen LogP contribution in [0.15, 0.2) is 88.6 Å². The van der Waals surface area contributed by atoms with E-state index in [4.69, 9.17) is 9.15 Å². The third kappa shape index (κ3) is 8.36. The van der Waals surface area contributed by atoms with E-state index >= 15 is 0 Å². The number of ether oxygens (including phenoxy) is 1. The zero-order chi connectivity index (χ0) is 34.2. The lowest BCUT2D eigenvalue weighted by Crippen LogP contribution is -2.44. The molecule has 0 radical (unpaired) electrons. The molecule has 3 aromatic heterocycles. The van der Waals surface area contributed by atoms with Crippen molar-refractivity contribution in [1.29, 1.82) is 0 Å². The molecule has 0 aliphatic carbocycles. The molecule has 5 aromatic rings. The molecule has 248 valence electrons. The van der Waals surface area contributed by atoms with Crippen LogP contribution in [0.1, 0.15) is 34.1 Å². The molecule has 1 unspecified atom stereocenters. The van der Waals surface area contributed by atoms with Crippen molar-refractivity contribution in [3.8, 4) is 5.75 Å². The van der Waals surface area contributed by atoms with Gasteiger partial charge >= 0.3 is 5.91 Å². The van der Waals surface area contributed by atoms with Gasteiger partial charge in [-0.25, -0.2) is 18.7 Å². The Labute approximate surface area is 276 Å². The Morgan fingerprint density at radius 1 is 1.15 bits per heavy atom. The second-order valence-electron chi connectivity index (χ2n) is 10.7. The number of halogens is 2. The van der Waals surface area contributed by atoms with Crippen LogP contribution < -0.4 is 20.9 Å². The van der Waals surface area contributed by atoms with Gasteiger partial charge in [0.1, 0.15) is 47.0 Å². The number of carbonyl (C=O) groups is 3. The average molecular weight is 677 g/mol. The van der Waals surface area contributed by atoms with Crippen LogP contribution in [-0.4, -0.2) is 57.3 Å². The van der Waals surface area contributed by atoms with Crippen LogP contribution in [0.5, 0.6) is 5.75 Å². The maximum absolute atomic E-state index is 14.1. The maximum Gasteiger partial charge on any atom is 0.307 e. The van der Waals surface area contributed by atoms with Gasteiger partial charge < -0.3 is 29.3 Å². The molecular formula is C33H30F2N6O6S.